The summed E-state index contributed by atoms with van der Waals surface area (Å²) >= 11 is 0. The maximum absolute atomic E-state index is 5.05. The smallest absolute Gasteiger partial charge is 0.165 e. The molecule has 1 aromatic heterocycles. The van der Waals surface area contributed by atoms with Gasteiger partial charge in [0.1, 0.15) is 0 Å². The zero-order valence-corrected chi connectivity index (χ0v) is 21.8. The molecule has 0 amide bonds. The molecule has 0 radical (unpaired) electrons. The van der Waals surface area contributed by atoms with Gasteiger partial charge in [0.2, 0.25) is 0 Å². The van der Waals surface area contributed by atoms with Crippen molar-refractivity contribution in [3.63, 3.8) is 0 Å². The molecule has 0 saturated carbocycles. The predicted octanol–water partition coefficient (Wildman–Crippen LogP) is 8.11. The fourth-order valence-corrected chi connectivity index (χ4v) is 5.14. The molecule has 4 heteroatoms. The zero-order valence-electron chi connectivity index (χ0n) is 21.8. The molecule has 6 rings (SSSR count). The van der Waals surface area contributed by atoms with E-state index in [-0.39, 0.29) is 0 Å². The number of nitrogens with zero attached hydrogens (tertiary/aromatic N) is 4. The first kappa shape index (κ1) is 24.3. The Kier molecular flexibility index (Phi) is 6.67. The summed E-state index contributed by atoms with van der Waals surface area (Å²) in [6, 6.07) is 27.2. The van der Waals surface area contributed by atoms with Crippen molar-refractivity contribution in [2.24, 2.45) is 0 Å². The highest BCUT2D eigenvalue weighted by Gasteiger charge is 2.21. The minimum absolute atomic E-state index is 0.603. The summed E-state index contributed by atoms with van der Waals surface area (Å²) in [5.41, 5.74) is 4.51. The molecule has 39 heavy (non-hydrogen) atoms. The number of hydrogen-bond donors (Lipinski definition) is 0. The molecule has 0 atom stereocenters. The minimum atomic E-state index is 0.603. The molecular formula is C35H28N4. The third-order valence-corrected chi connectivity index (χ3v) is 6.82. The molecule has 1 aliphatic rings. The molecule has 0 aliphatic carbocycles. The van der Waals surface area contributed by atoms with Crippen LogP contribution in [0, 0.1) is 0 Å². The quantitative estimate of drug-likeness (QED) is 0.173. The van der Waals surface area contributed by atoms with E-state index in [2.05, 4.69) is 85.4 Å². The summed E-state index contributed by atoms with van der Waals surface area (Å²) in [6.45, 7) is 4.59. The van der Waals surface area contributed by atoms with Crippen molar-refractivity contribution in [1.82, 2.24) is 19.9 Å². The number of fused-ring (bicyclic) bond motifs is 2. The molecular weight excluding hydrogens is 476 g/mol. The molecule has 2 heterocycles. The monoisotopic (exact) mass is 504 g/mol. The van der Waals surface area contributed by atoms with E-state index < -0.39 is 0 Å². The maximum Gasteiger partial charge on any atom is 0.165 e. The molecule has 0 unspecified atom stereocenters. The van der Waals surface area contributed by atoms with Gasteiger partial charge in [0.25, 0.3) is 0 Å². The van der Waals surface area contributed by atoms with Crippen LogP contribution in [0.5, 0.6) is 0 Å². The van der Waals surface area contributed by atoms with Crippen LogP contribution in [0.4, 0.5) is 0 Å². The van der Waals surface area contributed by atoms with E-state index in [0.29, 0.717) is 17.5 Å². The third kappa shape index (κ3) is 4.80. The van der Waals surface area contributed by atoms with E-state index in [0.717, 1.165) is 28.4 Å². The summed E-state index contributed by atoms with van der Waals surface area (Å²) < 4.78 is 0. The Balaban J connectivity index is 1.66. The van der Waals surface area contributed by atoms with E-state index in [1.807, 2.05) is 54.6 Å². The van der Waals surface area contributed by atoms with E-state index in [9.17, 15) is 0 Å². The SMILES string of the molecule is C=C/C=C\C=C\c1nc(-c2ccccc2)nc(-c2c3ccccc3c(C3=CC=CN(C)C3)c3ccccc23)n1. The fraction of sp³-hybridized carbons (Fsp3) is 0.0571. The summed E-state index contributed by atoms with van der Waals surface area (Å²) in [4.78, 5) is 17.0. The average molecular weight is 505 g/mol. The van der Waals surface area contributed by atoms with Crippen LogP contribution in [0.15, 0.2) is 128 Å². The Bertz CT molecular complexity index is 1750. The summed E-state index contributed by atoms with van der Waals surface area (Å²) in [5, 5.41) is 4.62. The van der Waals surface area contributed by atoms with Gasteiger partial charge in [0.05, 0.1) is 0 Å². The summed E-state index contributed by atoms with van der Waals surface area (Å²) in [7, 11) is 2.11. The van der Waals surface area contributed by atoms with Crippen LogP contribution >= 0.6 is 0 Å². The Morgan fingerprint density at radius 2 is 1.31 bits per heavy atom. The van der Waals surface area contributed by atoms with Gasteiger partial charge in [-0.05, 0) is 51.0 Å². The van der Waals surface area contributed by atoms with Gasteiger partial charge >= 0.3 is 0 Å². The Morgan fingerprint density at radius 1 is 0.692 bits per heavy atom. The maximum atomic E-state index is 5.05. The number of aromatic nitrogens is 3. The molecule has 5 aromatic rings. The second-order valence-corrected chi connectivity index (χ2v) is 9.48. The van der Waals surface area contributed by atoms with Crippen LogP contribution in [0.3, 0.4) is 0 Å². The molecule has 0 fully saturated rings. The number of hydrogen-bond acceptors (Lipinski definition) is 4. The Labute approximate surface area is 228 Å². The highest BCUT2D eigenvalue weighted by molar-refractivity contribution is 6.18. The third-order valence-electron chi connectivity index (χ3n) is 6.82. The van der Waals surface area contributed by atoms with Crippen molar-refractivity contribution in [2.45, 2.75) is 0 Å². The van der Waals surface area contributed by atoms with Crippen molar-refractivity contribution in [3.8, 4) is 22.8 Å². The van der Waals surface area contributed by atoms with E-state index >= 15 is 0 Å². The van der Waals surface area contributed by atoms with Crippen LogP contribution < -0.4 is 0 Å². The van der Waals surface area contributed by atoms with Crippen molar-refractivity contribution in [3.05, 3.63) is 139 Å². The van der Waals surface area contributed by atoms with E-state index in [1.165, 1.54) is 21.9 Å². The predicted molar refractivity (Wildman–Crippen MR) is 164 cm³/mol. The Hall–Kier alpha value is -5.09. The largest absolute Gasteiger partial charge is 0.376 e. The number of rotatable bonds is 6. The highest BCUT2D eigenvalue weighted by atomic mass is 15.1. The van der Waals surface area contributed by atoms with Crippen LogP contribution in [0.2, 0.25) is 0 Å². The van der Waals surface area contributed by atoms with Gasteiger partial charge in [-0.1, -0.05) is 116 Å². The molecule has 0 bridgehead atoms. The zero-order chi connectivity index (χ0) is 26.6. The second-order valence-electron chi connectivity index (χ2n) is 9.48. The van der Waals surface area contributed by atoms with E-state index in [4.69, 9.17) is 15.0 Å². The molecule has 0 saturated heterocycles. The lowest BCUT2D eigenvalue weighted by Gasteiger charge is -2.23. The molecule has 0 N–H and O–H groups in total. The van der Waals surface area contributed by atoms with Gasteiger partial charge in [-0.15, -0.1) is 0 Å². The van der Waals surface area contributed by atoms with Gasteiger partial charge < -0.3 is 4.90 Å². The van der Waals surface area contributed by atoms with Crippen molar-refractivity contribution in [1.29, 1.82) is 0 Å². The number of benzene rings is 4. The summed E-state index contributed by atoms with van der Waals surface area (Å²) in [6.07, 6.45) is 15.8. The lowest BCUT2D eigenvalue weighted by molar-refractivity contribution is 0.513. The normalized spacial score (nSPS) is 13.6. The van der Waals surface area contributed by atoms with Gasteiger partial charge in [-0.2, -0.15) is 0 Å². The van der Waals surface area contributed by atoms with Crippen LogP contribution in [0.1, 0.15) is 11.4 Å². The fourth-order valence-electron chi connectivity index (χ4n) is 5.14. The van der Waals surface area contributed by atoms with Crippen LogP contribution in [-0.4, -0.2) is 33.4 Å². The van der Waals surface area contributed by atoms with Crippen molar-refractivity contribution >= 4 is 33.2 Å². The van der Waals surface area contributed by atoms with Gasteiger partial charge in [-0.25, -0.2) is 15.0 Å². The lowest BCUT2D eigenvalue weighted by Crippen LogP contribution is -2.16. The number of allylic oxidation sites excluding steroid dienone is 6. The first-order chi connectivity index (χ1) is 19.2. The summed E-state index contributed by atoms with van der Waals surface area (Å²) in [5.74, 6) is 1.91. The molecule has 1 aliphatic heterocycles. The molecule has 188 valence electrons. The van der Waals surface area contributed by atoms with Gasteiger partial charge in [0, 0.05) is 24.7 Å². The van der Waals surface area contributed by atoms with E-state index in [1.54, 1.807) is 6.08 Å². The van der Waals surface area contributed by atoms with Crippen LogP contribution in [0.25, 0.3) is 56.0 Å². The molecule has 4 aromatic carbocycles. The Morgan fingerprint density at radius 3 is 1.95 bits per heavy atom. The van der Waals surface area contributed by atoms with Gasteiger partial charge in [-0.3, -0.25) is 0 Å². The lowest BCUT2D eigenvalue weighted by atomic mass is 9.87. The standard InChI is InChI=1S/C35H28N4/c1-3-4-5-9-22-31-36-34(25-15-7-6-8-16-25)38-35(37-31)33-29-20-12-10-18-27(29)32(26-17-14-23-39(2)24-26)28-19-11-13-21-30(28)33/h3-23H,1,24H2,2H3/b5-4-,22-9+. The first-order valence-electron chi connectivity index (χ1n) is 13.0. The first-order valence-corrected chi connectivity index (χ1v) is 13.0. The van der Waals surface area contributed by atoms with Crippen LogP contribution in [-0.2, 0) is 0 Å². The molecule has 4 nitrogen and oxygen atoms in total. The highest BCUT2D eigenvalue weighted by Crippen LogP contribution is 2.41. The molecule has 0 spiro atoms. The second kappa shape index (κ2) is 10.7. The average Bonchev–Trinajstić information content (AvgIpc) is 2.98. The number of likely N-dealkylation sites (N-methyl/N-ethyl adjacent to an activating group) is 1. The van der Waals surface area contributed by atoms with Gasteiger partial charge in [0.15, 0.2) is 17.5 Å². The van der Waals surface area contributed by atoms with Crippen molar-refractivity contribution in [2.75, 3.05) is 13.6 Å². The van der Waals surface area contributed by atoms with Crippen molar-refractivity contribution < 1.29 is 0 Å². The topological polar surface area (TPSA) is 41.9 Å². The minimum Gasteiger partial charge on any atom is -0.376 e.